The lowest BCUT2D eigenvalue weighted by atomic mass is 10.1. The third kappa shape index (κ3) is 1.60. The third-order valence-electron chi connectivity index (χ3n) is 1.92. The minimum atomic E-state index is 0.315. The summed E-state index contributed by atoms with van der Waals surface area (Å²) in [5.74, 6) is 0.686. The zero-order valence-electron chi connectivity index (χ0n) is 8.07. The maximum atomic E-state index is 9.36. The molecule has 0 bridgehead atoms. The SMILES string of the molecule is CC(C)c1cc(C(C)C)n(O)n1. The van der Waals surface area contributed by atoms with Gasteiger partial charge < -0.3 is 5.21 Å². The highest BCUT2D eigenvalue weighted by atomic mass is 16.5. The molecule has 3 heteroatoms. The van der Waals surface area contributed by atoms with Crippen LogP contribution in [0.1, 0.15) is 50.9 Å². The van der Waals surface area contributed by atoms with Crippen molar-refractivity contribution in [3.05, 3.63) is 17.5 Å². The molecule has 1 aromatic heterocycles. The summed E-state index contributed by atoms with van der Waals surface area (Å²) in [5.41, 5.74) is 1.82. The Morgan fingerprint density at radius 2 is 1.83 bits per heavy atom. The number of nitrogens with zero attached hydrogens (tertiary/aromatic N) is 2. The van der Waals surface area contributed by atoms with Gasteiger partial charge in [0.1, 0.15) is 0 Å². The summed E-state index contributed by atoms with van der Waals surface area (Å²) in [5, 5.41) is 13.4. The van der Waals surface area contributed by atoms with Gasteiger partial charge in [0.2, 0.25) is 0 Å². The van der Waals surface area contributed by atoms with Gasteiger partial charge in [0.15, 0.2) is 0 Å². The predicted molar refractivity (Wildman–Crippen MR) is 47.6 cm³/mol. The molecule has 0 fully saturated rings. The fraction of sp³-hybridized carbons (Fsp3) is 0.667. The molecule has 0 saturated heterocycles. The molecule has 1 heterocycles. The number of aromatic nitrogens is 2. The molecule has 0 amide bonds. The molecule has 12 heavy (non-hydrogen) atoms. The van der Waals surface area contributed by atoms with Gasteiger partial charge in [-0.15, -0.1) is 9.94 Å². The molecule has 1 aromatic rings. The van der Waals surface area contributed by atoms with Gasteiger partial charge in [-0.2, -0.15) is 0 Å². The van der Waals surface area contributed by atoms with Gasteiger partial charge >= 0.3 is 0 Å². The predicted octanol–water partition coefficient (Wildman–Crippen LogP) is 2.37. The molecule has 0 unspecified atom stereocenters. The highest BCUT2D eigenvalue weighted by molar-refractivity contribution is 5.15. The summed E-state index contributed by atoms with van der Waals surface area (Å²) in [6.07, 6.45) is 0. The van der Waals surface area contributed by atoms with Gasteiger partial charge in [0.05, 0.1) is 11.4 Å². The van der Waals surface area contributed by atoms with Crippen molar-refractivity contribution in [3.8, 4) is 0 Å². The van der Waals surface area contributed by atoms with E-state index in [1.807, 2.05) is 19.9 Å². The molecule has 0 aliphatic carbocycles. The Hall–Kier alpha value is -0.990. The van der Waals surface area contributed by atoms with Crippen LogP contribution in [0.2, 0.25) is 0 Å². The Morgan fingerprint density at radius 3 is 2.08 bits per heavy atom. The van der Waals surface area contributed by atoms with Gasteiger partial charge in [0, 0.05) is 0 Å². The van der Waals surface area contributed by atoms with E-state index in [4.69, 9.17) is 0 Å². The second-order valence-corrected chi connectivity index (χ2v) is 3.69. The third-order valence-corrected chi connectivity index (χ3v) is 1.92. The van der Waals surface area contributed by atoms with E-state index in [1.165, 1.54) is 0 Å². The van der Waals surface area contributed by atoms with Crippen LogP contribution in [0.5, 0.6) is 0 Å². The van der Waals surface area contributed by atoms with Crippen LogP contribution in [0.4, 0.5) is 0 Å². The first kappa shape index (κ1) is 9.10. The van der Waals surface area contributed by atoms with Crippen molar-refractivity contribution in [1.82, 2.24) is 9.94 Å². The van der Waals surface area contributed by atoms with E-state index >= 15 is 0 Å². The fourth-order valence-electron chi connectivity index (χ4n) is 1.08. The molecule has 0 radical (unpaired) electrons. The minimum absolute atomic E-state index is 0.315. The zero-order valence-corrected chi connectivity index (χ0v) is 8.07. The fourth-order valence-corrected chi connectivity index (χ4v) is 1.08. The number of rotatable bonds is 2. The van der Waals surface area contributed by atoms with Gasteiger partial charge in [-0.3, -0.25) is 0 Å². The van der Waals surface area contributed by atoms with Crippen molar-refractivity contribution >= 4 is 0 Å². The van der Waals surface area contributed by atoms with Crippen LogP contribution in [0.3, 0.4) is 0 Å². The van der Waals surface area contributed by atoms with Crippen molar-refractivity contribution in [1.29, 1.82) is 0 Å². The van der Waals surface area contributed by atoms with E-state index in [1.54, 1.807) is 0 Å². The first-order chi connectivity index (χ1) is 5.52. The van der Waals surface area contributed by atoms with Crippen molar-refractivity contribution in [2.75, 3.05) is 0 Å². The topological polar surface area (TPSA) is 38.0 Å². The van der Waals surface area contributed by atoms with Crippen LogP contribution >= 0.6 is 0 Å². The van der Waals surface area contributed by atoms with E-state index in [0.29, 0.717) is 11.8 Å². The normalized spacial score (nSPS) is 11.5. The van der Waals surface area contributed by atoms with E-state index in [0.717, 1.165) is 16.2 Å². The zero-order chi connectivity index (χ0) is 9.30. The average Bonchev–Trinajstić information content (AvgIpc) is 2.30. The quantitative estimate of drug-likeness (QED) is 0.688. The summed E-state index contributed by atoms with van der Waals surface area (Å²) in [6, 6.07) is 1.95. The molecule has 0 spiro atoms. The number of hydrogen-bond acceptors (Lipinski definition) is 2. The lowest BCUT2D eigenvalue weighted by Gasteiger charge is -2.00. The smallest absolute Gasteiger partial charge is 0.0826 e. The number of hydrogen-bond donors (Lipinski definition) is 1. The van der Waals surface area contributed by atoms with E-state index in [2.05, 4.69) is 18.9 Å². The Labute approximate surface area is 73.0 Å². The van der Waals surface area contributed by atoms with Gasteiger partial charge in [-0.1, -0.05) is 27.7 Å². The van der Waals surface area contributed by atoms with Gasteiger partial charge in [-0.25, -0.2) is 0 Å². The molecule has 0 aliphatic heterocycles. The lowest BCUT2D eigenvalue weighted by molar-refractivity contribution is 0.136. The maximum absolute atomic E-state index is 9.36. The Morgan fingerprint density at radius 1 is 1.25 bits per heavy atom. The molecule has 0 aromatic carbocycles. The van der Waals surface area contributed by atoms with Crippen molar-refractivity contribution < 1.29 is 5.21 Å². The van der Waals surface area contributed by atoms with Crippen molar-refractivity contribution in [3.63, 3.8) is 0 Å². The van der Waals surface area contributed by atoms with Crippen LogP contribution in [0.25, 0.3) is 0 Å². The molecule has 0 atom stereocenters. The summed E-state index contributed by atoms with van der Waals surface area (Å²) in [4.78, 5) is 0.986. The van der Waals surface area contributed by atoms with Crippen LogP contribution in [-0.4, -0.2) is 15.2 Å². The van der Waals surface area contributed by atoms with E-state index in [9.17, 15) is 5.21 Å². The average molecular weight is 168 g/mol. The highest BCUT2D eigenvalue weighted by Gasteiger charge is 2.11. The lowest BCUT2D eigenvalue weighted by Crippen LogP contribution is -2.01. The maximum Gasteiger partial charge on any atom is 0.0826 e. The first-order valence-electron chi connectivity index (χ1n) is 4.31. The molecular formula is C9H16N2O. The Kier molecular flexibility index (Phi) is 2.40. The monoisotopic (exact) mass is 168 g/mol. The molecule has 0 aliphatic rings. The van der Waals surface area contributed by atoms with E-state index in [-0.39, 0.29) is 0 Å². The van der Waals surface area contributed by atoms with Gasteiger partial charge in [-0.05, 0) is 17.9 Å². The summed E-state index contributed by atoms with van der Waals surface area (Å²) < 4.78 is 0. The molecule has 0 saturated carbocycles. The first-order valence-corrected chi connectivity index (χ1v) is 4.31. The molecule has 1 N–H and O–H groups in total. The molecule has 1 rings (SSSR count). The molecule has 68 valence electrons. The Balaban J connectivity index is 3.00. The molecular weight excluding hydrogens is 152 g/mol. The molecule has 3 nitrogen and oxygen atoms in total. The highest BCUT2D eigenvalue weighted by Crippen LogP contribution is 2.19. The second-order valence-electron chi connectivity index (χ2n) is 3.69. The second kappa shape index (κ2) is 3.17. The van der Waals surface area contributed by atoms with Crippen LogP contribution in [0, 0.1) is 0 Å². The Bertz CT molecular complexity index is 263. The minimum Gasteiger partial charge on any atom is -0.411 e. The van der Waals surface area contributed by atoms with Crippen LogP contribution in [0.15, 0.2) is 6.07 Å². The van der Waals surface area contributed by atoms with Crippen LogP contribution < -0.4 is 0 Å². The van der Waals surface area contributed by atoms with Gasteiger partial charge in [0.25, 0.3) is 0 Å². The van der Waals surface area contributed by atoms with Crippen molar-refractivity contribution in [2.24, 2.45) is 0 Å². The van der Waals surface area contributed by atoms with Crippen LogP contribution in [-0.2, 0) is 0 Å². The van der Waals surface area contributed by atoms with Crippen molar-refractivity contribution in [2.45, 2.75) is 39.5 Å². The standard InChI is InChI=1S/C9H16N2O/c1-6(2)8-5-9(7(3)4)11(12)10-8/h5-7,12H,1-4H3. The summed E-state index contributed by atoms with van der Waals surface area (Å²) in [7, 11) is 0. The largest absolute Gasteiger partial charge is 0.411 e. The summed E-state index contributed by atoms with van der Waals surface area (Å²) in [6.45, 7) is 8.20. The summed E-state index contributed by atoms with van der Waals surface area (Å²) >= 11 is 0. The van der Waals surface area contributed by atoms with E-state index < -0.39 is 0 Å².